The molecule has 2 aromatic rings. The van der Waals surface area contributed by atoms with Crippen LogP contribution in [0.2, 0.25) is 0 Å². The van der Waals surface area contributed by atoms with E-state index in [1.807, 2.05) is 7.05 Å². The number of anilines is 1. The Labute approximate surface area is 147 Å². The highest BCUT2D eigenvalue weighted by molar-refractivity contribution is 5.92. The summed E-state index contributed by atoms with van der Waals surface area (Å²) < 4.78 is 20.4. The number of benzene rings is 1. The summed E-state index contributed by atoms with van der Waals surface area (Å²) in [6.45, 7) is 2.47. The van der Waals surface area contributed by atoms with Crippen molar-refractivity contribution in [2.45, 2.75) is 0 Å². The van der Waals surface area contributed by atoms with Crippen LogP contribution < -0.4 is 20.5 Å². The SMILES string of the molecule is CNn1cc(OC(=O)O)c(=O)c2cc(F)c(N3CCN(C)CC3)c(O)c21. The summed E-state index contributed by atoms with van der Waals surface area (Å²) in [5.74, 6) is -1.64. The van der Waals surface area contributed by atoms with Crippen molar-refractivity contribution in [2.75, 3.05) is 50.6 Å². The average molecular weight is 366 g/mol. The van der Waals surface area contributed by atoms with E-state index in [0.29, 0.717) is 26.2 Å². The van der Waals surface area contributed by atoms with Gasteiger partial charge in [0.05, 0.1) is 11.6 Å². The molecule has 2 heterocycles. The summed E-state index contributed by atoms with van der Waals surface area (Å²) in [5, 5.41) is 19.3. The van der Waals surface area contributed by atoms with Gasteiger partial charge in [0.2, 0.25) is 11.2 Å². The molecule has 3 N–H and O–H groups in total. The van der Waals surface area contributed by atoms with Crippen LogP contribution in [0.1, 0.15) is 0 Å². The monoisotopic (exact) mass is 366 g/mol. The fraction of sp³-hybridized carbons (Fsp3) is 0.375. The van der Waals surface area contributed by atoms with Gasteiger partial charge in [0.1, 0.15) is 11.2 Å². The summed E-state index contributed by atoms with van der Waals surface area (Å²) >= 11 is 0. The number of hydrogen-bond donors (Lipinski definition) is 3. The highest BCUT2D eigenvalue weighted by Crippen LogP contribution is 2.37. The number of likely N-dealkylation sites (N-methyl/N-ethyl adjacent to an activating group) is 1. The molecule has 1 aliphatic heterocycles. The highest BCUT2D eigenvalue weighted by Gasteiger charge is 2.25. The second kappa shape index (κ2) is 6.71. The van der Waals surface area contributed by atoms with E-state index >= 15 is 0 Å². The van der Waals surface area contributed by atoms with Gasteiger partial charge >= 0.3 is 6.16 Å². The number of phenols is 1. The lowest BCUT2D eigenvalue weighted by molar-refractivity contribution is 0.144. The van der Waals surface area contributed by atoms with E-state index in [9.17, 15) is 19.1 Å². The highest BCUT2D eigenvalue weighted by atomic mass is 19.1. The van der Waals surface area contributed by atoms with Gasteiger partial charge < -0.3 is 30.2 Å². The summed E-state index contributed by atoms with van der Waals surface area (Å²) in [6.07, 6.45) is -0.563. The van der Waals surface area contributed by atoms with Crippen molar-refractivity contribution < 1.29 is 24.1 Å². The Morgan fingerprint density at radius 1 is 1.31 bits per heavy atom. The molecule has 0 saturated carbocycles. The summed E-state index contributed by atoms with van der Waals surface area (Å²) in [6, 6.07) is 0.994. The number of halogens is 1. The zero-order chi connectivity index (χ0) is 19.0. The van der Waals surface area contributed by atoms with Gasteiger partial charge in [-0.1, -0.05) is 0 Å². The molecule has 0 radical (unpaired) electrons. The quantitative estimate of drug-likeness (QED) is 0.686. The van der Waals surface area contributed by atoms with Crippen molar-refractivity contribution in [1.29, 1.82) is 0 Å². The lowest BCUT2D eigenvalue weighted by Gasteiger charge is -2.34. The van der Waals surface area contributed by atoms with Crippen LogP contribution in [0.15, 0.2) is 17.1 Å². The van der Waals surface area contributed by atoms with Crippen LogP contribution in [-0.2, 0) is 0 Å². The number of nitrogens with one attached hydrogen (secondary N) is 1. The first kappa shape index (κ1) is 17.8. The number of carboxylic acid groups (broad SMARTS) is 1. The van der Waals surface area contributed by atoms with E-state index in [2.05, 4.69) is 15.1 Å². The van der Waals surface area contributed by atoms with Crippen LogP contribution >= 0.6 is 0 Å². The van der Waals surface area contributed by atoms with Crippen LogP contribution in [0.25, 0.3) is 10.9 Å². The molecule has 0 aliphatic carbocycles. The minimum Gasteiger partial charge on any atom is -0.504 e. The fourth-order valence-electron chi connectivity index (χ4n) is 3.08. The van der Waals surface area contributed by atoms with Gasteiger partial charge in [0.25, 0.3) is 0 Å². The topological polar surface area (TPSA) is 107 Å². The predicted molar refractivity (Wildman–Crippen MR) is 93.5 cm³/mol. The zero-order valence-electron chi connectivity index (χ0n) is 14.3. The standard InChI is InChI=1S/C16H19FN4O5/c1-18-21-8-11(26-16(24)25)14(22)9-7-10(17)13(15(23)12(9)21)20-5-3-19(2)4-6-20/h7-8,18,23H,3-6H2,1-2H3,(H,24,25). The number of aromatic nitrogens is 1. The molecule has 0 spiro atoms. The number of ether oxygens (including phenoxy) is 1. The maximum atomic E-state index is 14.7. The predicted octanol–water partition coefficient (Wildman–Crippen LogP) is 0.828. The number of carbonyl (C=O) groups is 1. The summed E-state index contributed by atoms with van der Waals surface area (Å²) in [7, 11) is 3.46. The van der Waals surface area contributed by atoms with Gasteiger partial charge in [-0.3, -0.25) is 9.47 Å². The third kappa shape index (κ3) is 2.99. The molecule has 1 fully saturated rings. The third-order valence-electron chi connectivity index (χ3n) is 4.41. The molecule has 0 bridgehead atoms. The van der Waals surface area contributed by atoms with Crippen molar-refractivity contribution in [2.24, 2.45) is 0 Å². The molecule has 0 atom stereocenters. The third-order valence-corrected chi connectivity index (χ3v) is 4.41. The second-order valence-electron chi connectivity index (χ2n) is 6.03. The first-order valence-electron chi connectivity index (χ1n) is 7.96. The molecule has 1 aromatic carbocycles. The van der Waals surface area contributed by atoms with E-state index in [4.69, 9.17) is 5.11 Å². The number of pyridine rings is 1. The normalized spacial score (nSPS) is 15.3. The molecule has 0 unspecified atom stereocenters. The van der Waals surface area contributed by atoms with Crippen LogP contribution in [0.4, 0.5) is 14.9 Å². The number of fused-ring (bicyclic) bond motifs is 1. The molecule has 140 valence electrons. The maximum Gasteiger partial charge on any atom is 0.511 e. The van der Waals surface area contributed by atoms with E-state index < -0.39 is 28.9 Å². The largest absolute Gasteiger partial charge is 0.511 e. The zero-order valence-corrected chi connectivity index (χ0v) is 14.3. The Bertz CT molecular complexity index is 921. The van der Waals surface area contributed by atoms with Crippen LogP contribution in [0, 0.1) is 5.82 Å². The van der Waals surface area contributed by atoms with Crippen LogP contribution in [0.3, 0.4) is 0 Å². The maximum absolute atomic E-state index is 14.7. The molecule has 10 heteroatoms. The van der Waals surface area contributed by atoms with Crippen molar-refractivity contribution in [1.82, 2.24) is 9.58 Å². The van der Waals surface area contributed by atoms with E-state index in [0.717, 1.165) is 12.3 Å². The molecule has 26 heavy (non-hydrogen) atoms. The summed E-state index contributed by atoms with van der Waals surface area (Å²) in [4.78, 5) is 27.0. The summed E-state index contributed by atoms with van der Waals surface area (Å²) in [5.41, 5.74) is 1.94. The number of rotatable bonds is 3. The first-order valence-corrected chi connectivity index (χ1v) is 7.96. The van der Waals surface area contributed by atoms with E-state index in [1.54, 1.807) is 4.90 Å². The minimum atomic E-state index is -1.66. The van der Waals surface area contributed by atoms with Crippen molar-refractivity contribution in [3.8, 4) is 11.5 Å². The number of phenolic OH excluding ortho intramolecular Hbond substituents is 1. The number of aromatic hydroxyl groups is 1. The van der Waals surface area contributed by atoms with Crippen LogP contribution in [0.5, 0.6) is 11.5 Å². The fourth-order valence-corrected chi connectivity index (χ4v) is 3.08. The van der Waals surface area contributed by atoms with Gasteiger partial charge in [0, 0.05) is 33.2 Å². The Morgan fingerprint density at radius 3 is 2.54 bits per heavy atom. The number of nitrogens with zero attached hydrogens (tertiary/aromatic N) is 3. The van der Waals surface area contributed by atoms with E-state index in [-0.39, 0.29) is 16.6 Å². The molecule has 0 amide bonds. The van der Waals surface area contributed by atoms with Gasteiger partial charge in [-0.25, -0.2) is 9.18 Å². The Hall–Kier alpha value is -3.01. The van der Waals surface area contributed by atoms with Crippen molar-refractivity contribution in [3.05, 3.63) is 28.3 Å². The first-order chi connectivity index (χ1) is 12.3. The Morgan fingerprint density at radius 2 is 1.96 bits per heavy atom. The average Bonchev–Trinajstić information content (AvgIpc) is 2.58. The van der Waals surface area contributed by atoms with Crippen LogP contribution in [-0.4, -0.2) is 66.2 Å². The Kier molecular flexibility index (Phi) is 4.60. The van der Waals surface area contributed by atoms with Crippen molar-refractivity contribution >= 4 is 22.7 Å². The van der Waals surface area contributed by atoms with Gasteiger partial charge in [-0.15, -0.1) is 0 Å². The second-order valence-corrected chi connectivity index (χ2v) is 6.03. The van der Waals surface area contributed by atoms with Crippen molar-refractivity contribution in [3.63, 3.8) is 0 Å². The lowest BCUT2D eigenvalue weighted by atomic mass is 10.1. The number of hydrogen-bond acceptors (Lipinski definition) is 7. The lowest BCUT2D eigenvalue weighted by Crippen LogP contribution is -2.44. The molecule has 1 saturated heterocycles. The molecule has 1 aliphatic rings. The number of piperazine rings is 1. The molecule has 9 nitrogen and oxygen atoms in total. The van der Waals surface area contributed by atoms with Gasteiger partial charge in [-0.2, -0.15) is 0 Å². The molecular weight excluding hydrogens is 347 g/mol. The minimum absolute atomic E-state index is 0.0147. The smallest absolute Gasteiger partial charge is 0.504 e. The Balaban J connectivity index is 2.22. The van der Waals surface area contributed by atoms with Gasteiger partial charge in [0.15, 0.2) is 11.6 Å². The molecule has 1 aromatic heterocycles. The van der Waals surface area contributed by atoms with Gasteiger partial charge in [-0.05, 0) is 13.1 Å². The van der Waals surface area contributed by atoms with E-state index in [1.165, 1.54) is 11.7 Å². The molecule has 3 rings (SSSR count). The molecular formula is C16H19FN4O5.